The van der Waals surface area contributed by atoms with E-state index in [1.165, 1.54) is 17.4 Å². The number of aromatic carboxylic acids is 1. The molecule has 0 saturated carbocycles. The SMILES string of the molecule is O=C(O)c1ccccc1OCc1nc(-c2c[nH]c3ccccc23)cs1. The minimum absolute atomic E-state index is 0.149. The average molecular weight is 350 g/mol. The third-order valence-electron chi connectivity index (χ3n) is 3.89. The normalized spacial score (nSPS) is 10.9. The topological polar surface area (TPSA) is 75.2 Å². The Morgan fingerprint density at radius 1 is 1.16 bits per heavy atom. The van der Waals surface area contributed by atoms with E-state index in [-0.39, 0.29) is 12.2 Å². The summed E-state index contributed by atoms with van der Waals surface area (Å²) in [5.41, 5.74) is 3.14. The van der Waals surface area contributed by atoms with Crippen molar-refractivity contribution < 1.29 is 14.6 Å². The molecule has 0 aliphatic heterocycles. The van der Waals surface area contributed by atoms with Gasteiger partial charge in [-0.2, -0.15) is 0 Å². The molecule has 5 nitrogen and oxygen atoms in total. The zero-order valence-corrected chi connectivity index (χ0v) is 13.9. The van der Waals surface area contributed by atoms with Gasteiger partial charge in [0.25, 0.3) is 0 Å². The predicted molar refractivity (Wildman–Crippen MR) is 97.1 cm³/mol. The molecule has 0 aliphatic rings. The van der Waals surface area contributed by atoms with Crippen LogP contribution in [-0.2, 0) is 6.61 Å². The van der Waals surface area contributed by atoms with E-state index in [1.54, 1.807) is 18.2 Å². The third-order valence-corrected chi connectivity index (χ3v) is 4.71. The Morgan fingerprint density at radius 2 is 1.96 bits per heavy atom. The summed E-state index contributed by atoms with van der Waals surface area (Å²) >= 11 is 1.49. The van der Waals surface area contributed by atoms with Crippen LogP contribution in [0.25, 0.3) is 22.2 Å². The first kappa shape index (κ1) is 15.4. The lowest BCUT2D eigenvalue weighted by atomic mass is 10.1. The predicted octanol–water partition coefficient (Wildman–Crippen LogP) is 4.57. The second kappa shape index (κ2) is 6.41. The number of hydrogen-bond donors (Lipinski definition) is 2. The Kier molecular flexibility index (Phi) is 3.95. The highest BCUT2D eigenvalue weighted by atomic mass is 32.1. The molecule has 0 amide bonds. The van der Waals surface area contributed by atoms with Gasteiger partial charge in [0.05, 0.1) is 5.69 Å². The van der Waals surface area contributed by atoms with Gasteiger partial charge in [0, 0.05) is 28.0 Å². The molecule has 6 heteroatoms. The van der Waals surface area contributed by atoms with Gasteiger partial charge >= 0.3 is 5.97 Å². The van der Waals surface area contributed by atoms with Gasteiger partial charge in [-0.25, -0.2) is 9.78 Å². The lowest BCUT2D eigenvalue weighted by Gasteiger charge is -2.06. The fraction of sp³-hybridized carbons (Fsp3) is 0.0526. The molecule has 2 aromatic heterocycles. The van der Waals surface area contributed by atoms with Crippen molar-refractivity contribution >= 4 is 28.2 Å². The number of benzene rings is 2. The molecule has 0 radical (unpaired) electrons. The number of H-pyrrole nitrogens is 1. The van der Waals surface area contributed by atoms with E-state index < -0.39 is 5.97 Å². The van der Waals surface area contributed by atoms with Crippen molar-refractivity contribution in [2.45, 2.75) is 6.61 Å². The number of para-hydroxylation sites is 2. The van der Waals surface area contributed by atoms with Crippen LogP contribution in [0.4, 0.5) is 0 Å². The summed E-state index contributed by atoms with van der Waals surface area (Å²) in [5, 5.41) is 13.1. The molecule has 4 rings (SSSR count). The summed E-state index contributed by atoms with van der Waals surface area (Å²) in [7, 11) is 0. The fourth-order valence-corrected chi connectivity index (χ4v) is 3.40. The highest BCUT2D eigenvalue weighted by Crippen LogP contribution is 2.30. The third kappa shape index (κ3) is 2.99. The maximum atomic E-state index is 11.2. The molecular weight excluding hydrogens is 336 g/mol. The lowest BCUT2D eigenvalue weighted by Crippen LogP contribution is -2.03. The molecule has 2 heterocycles. The Morgan fingerprint density at radius 3 is 2.84 bits per heavy atom. The van der Waals surface area contributed by atoms with Gasteiger partial charge in [0.1, 0.15) is 22.9 Å². The smallest absolute Gasteiger partial charge is 0.339 e. The highest BCUT2D eigenvalue weighted by Gasteiger charge is 2.13. The molecular formula is C19H14N2O3S. The van der Waals surface area contributed by atoms with Crippen LogP contribution in [0.15, 0.2) is 60.1 Å². The van der Waals surface area contributed by atoms with Gasteiger partial charge in [-0.15, -0.1) is 11.3 Å². The largest absolute Gasteiger partial charge is 0.486 e. The number of carbonyl (C=O) groups is 1. The molecule has 0 aliphatic carbocycles. The molecule has 2 N–H and O–H groups in total. The first-order valence-electron chi connectivity index (χ1n) is 7.68. The zero-order chi connectivity index (χ0) is 17.2. The summed E-state index contributed by atoms with van der Waals surface area (Å²) in [5.74, 6) is -0.659. The fourth-order valence-electron chi connectivity index (χ4n) is 2.69. The summed E-state index contributed by atoms with van der Waals surface area (Å²) in [6.45, 7) is 0.233. The van der Waals surface area contributed by atoms with E-state index in [0.29, 0.717) is 5.75 Å². The number of aromatic nitrogens is 2. The van der Waals surface area contributed by atoms with Crippen molar-refractivity contribution in [2.75, 3.05) is 0 Å². The van der Waals surface area contributed by atoms with E-state index in [9.17, 15) is 9.90 Å². The van der Waals surface area contributed by atoms with E-state index in [1.807, 2.05) is 29.8 Å². The van der Waals surface area contributed by atoms with E-state index in [2.05, 4.69) is 16.0 Å². The van der Waals surface area contributed by atoms with E-state index in [0.717, 1.165) is 27.2 Å². The number of rotatable bonds is 5. The minimum Gasteiger partial charge on any atom is -0.486 e. The van der Waals surface area contributed by atoms with Crippen LogP contribution in [0.1, 0.15) is 15.4 Å². The van der Waals surface area contributed by atoms with Crippen molar-refractivity contribution in [2.24, 2.45) is 0 Å². The first-order chi connectivity index (χ1) is 12.2. The van der Waals surface area contributed by atoms with Gasteiger partial charge in [0.2, 0.25) is 0 Å². The monoisotopic (exact) mass is 350 g/mol. The molecule has 0 atom stereocenters. The van der Waals surface area contributed by atoms with E-state index >= 15 is 0 Å². The van der Waals surface area contributed by atoms with Crippen LogP contribution in [0, 0.1) is 0 Å². The quantitative estimate of drug-likeness (QED) is 0.553. The number of fused-ring (bicyclic) bond motifs is 1. The number of nitrogens with zero attached hydrogens (tertiary/aromatic N) is 1. The molecule has 0 bridgehead atoms. The van der Waals surface area contributed by atoms with Crippen LogP contribution >= 0.6 is 11.3 Å². The van der Waals surface area contributed by atoms with Gasteiger partial charge in [-0.05, 0) is 18.2 Å². The van der Waals surface area contributed by atoms with Crippen molar-refractivity contribution in [3.05, 3.63) is 70.7 Å². The van der Waals surface area contributed by atoms with Crippen LogP contribution < -0.4 is 4.74 Å². The number of aromatic amines is 1. The van der Waals surface area contributed by atoms with Gasteiger partial charge in [-0.1, -0.05) is 30.3 Å². The molecule has 0 saturated heterocycles. The Bertz CT molecular complexity index is 1050. The van der Waals surface area contributed by atoms with Crippen molar-refractivity contribution in [1.29, 1.82) is 0 Å². The molecule has 0 fully saturated rings. The van der Waals surface area contributed by atoms with Crippen LogP contribution in [0.3, 0.4) is 0 Å². The number of thiazole rings is 1. The first-order valence-corrected chi connectivity index (χ1v) is 8.56. The minimum atomic E-state index is -1.01. The second-order valence-electron chi connectivity index (χ2n) is 5.46. The van der Waals surface area contributed by atoms with Crippen molar-refractivity contribution in [3.8, 4) is 17.0 Å². The summed E-state index contributed by atoms with van der Waals surface area (Å²) in [4.78, 5) is 19.1. The lowest BCUT2D eigenvalue weighted by molar-refractivity contribution is 0.0691. The second-order valence-corrected chi connectivity index (χ2v) is 6.41. The average Bonchev–Trinajstić information content (AvgIpc) is 3.26. The molecule has 124 valence electrons. The maximum absolute atomic E-state index is 11.2. The Labute approximate surface area is 147 Å². The summed E-state index contributed by atoms with van der Waals surface area (Å²) < 4.78 is 5.66. The molecule has 0 unspecified atom stereocenters. The number of carboxylic acids is 1. The Balaban J connectivity index is 1.56. The molecule has 25 heavy (non-hydrogen) atoms. The number of hydrogen-bond acceptors (Lipinski definition) is 4. The molecule has 0 spiro atoms. The highest BCUT2D eigenvalue weighted by molar-refractivity contribution is 7.09. The molecule has 4 aromatic rings. The number of ether oxygens (including phenoxy) is 1. The summed E-state index contributed by atoms with van der Waals surface area (Å²) in [6, 6.07) is 14.7. The van der Waals surface area contributed by atoms with Crippen molar-refractivity contribution in [1.82, 2.24) is 9.97 Å². The van der Waals surface area contributed by atoms with Gasteiger partial charge in [0.15, 0.2) is 0 Å². The van der Waals surface area contributed by atoms with E-state index in [4.69, 9.17) is 4.74 Å². The van der Waals surface area contributed by atoms with Gasteiger partial charge in [-0.3, -0.25) is 0 Å². The van der Waals surface area contributed by atoms with Gasteiger partial charge < -0.3 is 14.8 Å². The summed E-state index contributed by atoms with van der Waals surface area (Å²) in [6.07, 6.45) is 1.95. The maximum Gasteiger partial charge on any atom is 0.339 e. The zero-order valence-electron chi connectivity index (χ0n) is 13.1. The Hall–Kier alpha value is -3.12. The molecule has 2 aromatic carbocycles. The van der Waals surface area contributed by atoms with Crippen LogP contribution in [0.5, 0.6) is 5.75 Å². The number of nitrogens with one attached hydrogen (secondary N) is 1. The standard InChI is InChI=1S/C19H14N2O3S/c22-19(23)13-6-2-4-8-17(13)24-10-18-21-16(11-25-18)14-9-20-15-7-3-1-5-12(14)15/h1-9,11,20H,10H2,(H,22,23). The van der Waals surface area contributed by atoms with Crippen LogP contribution in [0.2, 0.25) is 0 Å². The van der Waals surface area contributed by atoms with Crippen LogP contribution in [-0.4, -0.2) is 21.0 Å². The van der Waals surface area contributed by atoms with Crippen molar-refractivity contribution in [3.63, 3.8) is 0 Å². The number of carboxylic acid groups (broad SMARTS) is 1.